The number of halogens is 3. The van der Waals surface area contributed by atoms with Gasteiger partial charge in [-0.05, 0) is 45.1 Å². The zero-order valence-corrected chi connectivity index (χ0v) is 17.2. The number of piperidine rings is 1. The van der Waals surface area contributed by atoms with Crippen molar-refractivity contribution in [2.75, 3.05) is 20.2 Å². The monoisotopic (exact) mass is 425 g/mol. The molecule has 4 rings (SSSR count). The highest BCUT2D eigenvalue weighted by molar-refractivity contribution is 5.82. The highest BCUT2D eigenvalue weighted by Gasteiger charge is 2.38. The van der Waals surface area contributed by atoms with Crippen LogP contribution in [0.15, 0.2) is 10.6 Å². The fourth-order valence-electron chi connectivity index (χ4n) is 4.81. The zero-order valence-electron chi connectivity index (χ0n) is 17.2. The maximum atomic E-state index is 13.6. The van der Waals surface area contributed by atoms with Gasteiger partial charge in [0, 0.05) is 37.7 Å². The zero-order chi connectivity index (χ0) is 21.5. The Hall–Kier alpha value is -2.16. The molecule has 1 aliphatic carbocycles. The number of alkyl halides is 3. The van der Waals surface area contributed by atoms with Gasteiger partial charge in [0.15, 0.2) is 0 Å². The van der Waals surface area contributed by atoms with Crippen molar-refractivity contribution in [3.63, 3.8) is 0 Å². The molecule has 1 aliphatic heterocycles. The molecule has 6 nitrogen and oxygen atoms in total. The highest BCUT2D eigenvalue weighted by atomic mass is 19.4. The van der Waals surface area contributed by atoms with E-state index in [1.54, 1.807) is 7.11 Å². The van der Waals surface area contributed by atoms with Gasteiger partial charge in [-0.3, -0.25) is 4.79 Å². The molecule has 0 radical (unpaired) electrons. The van der Waals surface area contributed by atoms with E-state index < -0.39 is 11.7 Å². The molecule has 9 heteroatoms. The molecule has 1 saturated carbocycles. The Morgan fingerprint density at radius 2 is 1.97 bits per heavy atom. The molecule has 2 aliphatic rings. The van der Waals surface area contributed by atoms with E-state index in [-0.39, 0.29) is 40.6 Å². The van der Waals surface area contributed by atoms with Crippen molar-refractivity contribution >= 4 is 17.0 Å². The van der Waals surface area contributed by atoms with Crippen molar-refractivity contribution in [3.05, 3.63) is 23.0 Å². The third kappa shape index (κ3) is 4.04. The predicted octanol–water partition coefficient (Wildman–Crippen LogP) is 4.46. The van der Waals surface area contributed by atoms with E-state index >= 15 is 0 Å². The van der Waals surface area contributed by atoms with Crippen molar-refractivity contribution in [2.45, 2.75) is 63.6 Å². The van der Waals surface area contributed by atoms with Crippen molar-refractivity contribution in [2.24, 2.45) is 5.92 Å². The largest absolute Gasteiger partial charge is 0.417 e. The molecule has 0 bridgehead atoms. The van der Waals surface area contributed by atoms with Crippen molar-refractivity contribution in [1.82, 2.24) is 15.0 Å². The SMILES string of the molecule is CO[C@@H]1CCC[C@H](C(=O)N2CCC(c3noc4nc(C)cc(C(F)(F)F)c34)CC2)C1. The van der Waals surface area contributed by atoms with Crippen LogP contribution in [0.3, 0.4) is 0 Å². The second-order valence-electron chi connectivity index (χ2n) is 8.38. The molecule has 0 aromatic carbocycles. The predicted molar refractivity (Wildman–Crippen MR) is 103 cm³/mol. The average Bonchev–Trinajstić information content (AvgIpc) is 3.15. The van der Waals surface area contributed by atoms with Crippen LogP contribution in [0, 0.1) is 12.8 Å². The summed E-state index contributed by atoms with van der Waals surface area (Å²) in [5.74, 6) is -0.0930. The van der Waals surface area contributed by atoms with Gasteiger partial charge in [0.2, 0.25) is 5.91 Å². The van der Waals surface area contributed by atoms with Gasteiger partial charge < -0.3 is 14.2 Å². The van der Waals surface area contributed by atoms with Gasteiger partial charge in [-0.15, -0.1) is 0 Å². The molecule has 30 heavy (non-hydrogen) atoms. The van der Waals surface area contributed by atoms with E-state index in [9.17, 15) is 18.0 Å². The number of ether oxygens (including phenoxy) is 1. The molecule has 2 aromatic rings. The van der Waals surface area contributed by atoms with E-state index in [1.807, 2.05) is 4.90 Å². The molecule has 1 saturated heterocycles. The summed E-state index contributed by atoms with van der Waals surface area (Å²) in [6.07, 6.45) is 0.290. The quantitative estimate of drug-likeness (QED) is 0.726. The van der Waals surface area contributed by atoms with E-state index in [2.05, 4.69) is 10.1 Å². The Bertz CT molecular complexity index is 919. The first kappa shape index (κ1) is 21.1. The minimum Gasteiger partial charge on any atom is -0.381 e. The number of rotatable bonds is 3. The lowest BCUT2D eigenvalue weighted by atomic mass is 9.85. The number of carbonyl (C=O) groups excluding carboxylic acids is 1. The summed E-state index contributed by atoms with van der Waals surface area (Å²) in [7, 11) is 1.68. The maximum absolute atomic E-state index is 13.6. The van der Waals surface area contributed by atoms with E-state index in [4.69, 9.17) is 9.26 Å². The number of hydrogen-bond acceptors (Lipinski definition) is 5. The summed E-state index contributed by atoms with van der Waals surface area (Å²) >= 11 is 0. The van der Waals surface area contributed by atoms with Crippen LogP contribution >= 0.6 is 0 Å². The molecule has 2 atom stereocenters. The molecule has 0 spiro atoms. The van der Waals surface area contributed by atoms with Crippen LogP contribution in [0.2, 0.25) is 0 Å². The lowest BCUT2D eigenvalue weighted by Gasteiger charge is -2.36. The highest BCUT2D eigenvalue weighted by Crippen LogP contribution is 2.40. The van der Waals surface area contributed by atoms with Crippen LogP contribution < -0.4 is 0 Å². The smallest absolute Gasteiger partial charge is 0.381 e. The fourth-order valence-corrected chi connectivity index (χ4v) is 4.81. The van der Waals surface area contributed by atoms with Gasteiger partial charge in [-0.1, -0.05) is 11.6 Å². The van der Waals surface area contributed by atoms with Crippen molar-refractivity contribution in [1.29, 1.82) is 0 Å². The number of aromatic nitrogens is 2. The number of methoxy groups -OCH3 is 1. The molecular weight excluding hydrogens is 399 g/mol. The minimum atomic E-state index is -4.51. The third-order valence-electron chi connectivity index (χ3n) is 6.41. The maximum Gasteiger partial charge on any atom is 0.417 e. The van der Waals surface area contributed by atoms with E-state index in [0.29, 0.717) is 31.6 Å². The van der Waals surface area contributed by atoms with Gasteiger partial charge in [0.05, 0.1) is 22.7 Å². The lowest BCUT2D eigenvalue weighted by molar-refractivity contribution is -0.139. The van der Waals surface area contributed by atoms with E-state index in [0.717, 1.165) is 31.7 Å². The second-order valence-corrected chi connectivity index (χ2v) is 8.38. The first-order valence-electron chi connectivity index (χ1n) is 10.4. The van der Waals surface area contributed by atoms with Crippen molar-refractivity contribution < 1.29 is 27.2 Å². The summed E-state index contributed by atoms with van der Waals surface area (Å²) in [6.45, 7) is 2.51. The van der Waals surface area contributed by atoms with Crippen LogP contribution in [-0.4, -0.2) is 47.3 Å². The number of amides is 1. The fraction of sp³-hybridized carbons (Fsp3) is 0.667. The summed E-state index contributed by atoms with van der Waals surface area (Å²) < 4.78 is 51.4. The van der Waals surface area contributed by atoms with Gasteiger partial charge in [0.25, 0.3) is 5.71 Å². The van der Waals surface area contributed by atoms with Crippen LogP contribution in [0.25, 0.3) is 11.1 Å². The number of carbonyl (C=O) groups is 1. The summed E-state index contributed by atoms with van der Waals surface area (Å²) in [5, 5.41) is 3.91. The molecule has 2 fully saturated rings. The summed E-state index contributed by atoms with van der Waals surface area (Å²) in [4.78, 5) is 18.8. The van der Waals surface area contributed by atoms with Crippen LogP contribution in [0.1, 0.15) is 61.4 Å². The Kier molecular flexibility index (Phi) is 5.74. The van der Waals surface area contributed by atoms with Crippen LogP contribution in [-0.2, 0) is 15.7 Å². The molecule has 0 unspecified atom stereocenters. The van der Waals surface area contributed by atoms with Gasteiger partial charge in [-0.25, -0.2) is 4.98 Å². The number of hydrogen-bond donors (Lipinski definition) is 0. The molecule has 0 N–H and O–H groups in total. The van der Waals surface area contributed by atoms with E-state index in [1.165, 1.54) is 6.92 Å². The standard InChI is InChI=1S/C21H26F3N3O3/c1-12-10-16(21(22,23)24)17-18(26-30-19(17)25-12)13-6-8-27(9-7-13)20(28)14-4-3-5-15(11-14)29-2/h10,13-15H,3-9,11H2,1-2H3/t14-,15+/m0/s1. The topological polar surface area (TPSA) is 68.5 Å². The third-order valence-corrected chi connectivity index (χ3v) is 6.41. The molecular formula is C21H26F3N3O3. The van der Waals surface area contributed by atoms with Crippen molar-refractivity contribution in [3.8, 4) is 0 Å². The molecule has 164 valence electrons. The Labute approximate surface area is 172 Å². The summed E-state index contributed by atoms with van der Waals surface area (Å²) in [5.41, 5.74) is -0.301. The number of aryl methyl sites for hydroxylation is 1. The summed E-state index contributed by atoms with van der Waals surface area (Å²) in [6, 6.07) is 1.04. The number of fused-ring (bicyclic) bond motifs is 1. The average molecular weight is 425 g/mol. The van der Waals surface area contributed by atoms with Gasteiger partial charge >= 0.3 is 6.18 Å². The number of likely N-dealkylation sites (tertiary alicyclic amines) is 1. The van der Waals surface area contributed by atoms with Gasteiger partial charge in [-0.2, -0.15) is 13.2 Å². The second kappa shape index (κ2) is 8.17. The molecule has 1 amide bonds. The molecule has 3 heterocycles. The van der Waals surface area contributed by atoms with Crippen LogP contribution in [0.4, 0.5) is 13.2 Å². The minimum absolute atomic E-state index is 0.0304. The van der Waals surface area contributed by atoms with Gasteiger partial charge in [0.1, 0.15) is 0 Å². The molecule has 2 aromatic heterocycles. The number of nitrogens with zero attached hydrogens (tertiary/aromatic N) is 3. The Balaban J connectivity index is 1.49. The Morgan fingerprint density at radius 3 is 2.63 bits per heavy atom. The first-order chi connectivity index (χ1) is 14.3. The van der Waals surface area contributed by atoms with Crippen LogP contribution in [0.5, 0.6) is 0 Å². The normalized spacial score (nSPS) is 23.8. The lowest BCUT2D eigenvalue weighted by Crippen LogP contribution is -2.43. The first-order valence-corrected chi connectivity index (χ1v) is 10.4. The Morgan fingerprint density at radius 1 is 1.23 bits per heavy atom. The number of pyridine rings is 1.